The third-order valence-corrected chi connectivity index (χ3v) is 17.6. The van der Waals surface area contributed by atoms with E-state index in [4.69, 9.17) is 59.2 Å². The molecule has 0 saturated heterocycles. The number of Topliss-reactive ketones (excluding diaryl/α,β-unsaturated/α-hetero) is 4. The Balaban J connectivity index is 5.43. The van der Waals surface area contributed by atoms with E-state index >= 15 is 0 Å². The molecule has 0 saturated carbocycles. The molecule has 0 rings (SSSR count). The zero-order chi connectivity index (χ0) is 71.7. The number of nitrogens with zero attached hydrogens (tertiary/aromatic N) is 12. The largest absolute Gasteiger partial charge is 0.462 e. The third-order valence-electron chi connectivity index (χ3n) is 15.2. The fourth-order valence-corrected chi connectivity index (χ4v) is 11.5. The number of unbranched alkanes of at least 4 members (excludes halogenated alkanes) is 21. The molecular weight excluding hydrogens is 1300 g/mol. The quantitative estimate of drug-likeness (QED) is 0.0112. The number of ketones is 4. The Hall–Kier alpha value is -5.94. The maximum atomic E-state index is 13.5. The predicted molar refractivity (Wildman–Crippen MR) is 364 cm³/mol. The number of esters is 4. The summed E-state index contributed by atoms with van der Waals surface area (Å²) in [4.78, 5) is 111. The number of hydrogen-bond acceptors (Lipinski definition) is 23. The molecule has 0 fully saturated rings. The molecule has 1 N–H and O–H groups in total. The molecule has 0 aliphatic carbocycles. The van der Waals surface area contributed by atoms with Crippen LogP contribution < -0.4 is 0 Å². The first-order chi connectivity index (χ1) is 46.7. The van der Waals surface area contributed by atoms with Gasteiger partial charge in [-0.15, -0.1) is 0 Å². The number of ether oxygens (including phenoxy) is 4. The van der Waals surface area contributed by atoms with Gasteiger partial charge in [-0.3, -0.25) is 47.5 Å². The normalized spacial score (nSPS) is 13.1. The lowest BCUT2D eigenvalue weighted by atomic mass is 10.0. The SMILES string of the molecule is CP(=O)(OCC(O)COP(C)(=O)OC[C@@H](COC(=O)CCCCCCCC(=O)CCCCN=[N+]=[N-])OC(=O)CCCCCCCC(=O)CCCCN=[N+]=[N-])OC[C@@H](COC(=O)CCCCCCCC(=O)CCCCCN=[N+]=[N-])OC(=O)CCCCCCCC(=O)CCCCN=[N+]=[N-]. The topological polar surface area (TPSA) is 460 Å². The standard InChI is InChI=1S/C64H112N12O19P2/c1-96(86,92-52-59(94-63(84)42-23-13-5-9-18-34-56(79)38-26-30-46-71-75-67)50-88-61(82)40-21-11-3-7-16-32-54(77)36-20-15-28-44-69-73-65)90-48-58(81)49-91-97(2,87)93-53-60(95-64(85)43-24-14-6-10-19-35-57(80)39-27-31-47-72-76-68)51-89-62(83)41-22-12-4-8-17-33-55(78)37-25-29-45-70-74-66/h58-60,81H,3-53H2,1-2H3/t58?,59-,60-,96?,97?/m1/s1. The fourth-order valence-electron chi connectivity index (χ4n) is 9.60. The van der Waals surface area contributed by atoms with Crippen LogP contribution in [0.5, 0.6) is 0 Å². The average Bonchev–Trinajstić information content (AvgIpc) is 2.29. The van der Waals surface area contributed by atoms with E-state index in [1.807, 2.05) is 0 Å². The molecular formula is C64H112N12O19P2. The van der Waals surface area contributed by atoms with E-state index in [1.165, 1.54) is 0 Å². The van der Waals surface area contributed by atoms with Gasteiger partial charge in [-0.1, -0.05) is 104 Å². The van der Waals surface area contributed by atoms with Gasteiger partial charge in [0, 0.05) is 136 Å². The molecule has 0 aliphatic heterocycles. The molecule has 5 atom stereocenters. The second kappa shape index (κ2) is 63.5. The van der Waals surface area contributed by atoms with Crippen LogP contribution in [0.25, 0.3) is 41.8 Å². The fraction of sp³-hybridized carbons (Fsp3) is 0.875. The minimum Gasteiger partial charge on any atom is -0.462 e. The Labute approximate surface area is 572 Å². The summed E-state index contributed by atoms with van der Waals surface area (Å²) in [6.07, 6.45) is 20.2. The van der Waals surface area contributed by atoms with Crippen molar-refractivity contribution in [3.63, 3.8) is 0 Å². The van der Waals surface area contributed by atoms with Gasteiger partial charge in [0.1, 0.15) is 42.5 Å². The first-order valence-corrected chi connectivity index (χ1v) is 38.9. The second-order valence-electron chi connectivity index (χ2n) is 24.2. The predicted octanol–water partition coefficient (Wildman–Crippen LogP) is 16.5. The maximum Gasteiger partial charge on any atom is 0.327 e. The van der Waals surface area contributed by atoms with E-state index in [2.05, 4.69) is 40.1 Å². The van der Waals surface area contributed by atoms with E-state index < -0.39 is 97.0 Å². The molecule has 0 radical (unpaired) electrons. The van der Waals surface area contributed by atoms with Crippen molar-refractivity contribution >= 4 is 62.2 Å². The zero-order valence-corrected chi connectivity index (χ0v) is 59.6. The molecule has 33 heteroatoms. The monoisotopic (exact) mass is 1410 g/mol. The van der Waals surface area contributed by atoms with Crippen molar-refractivity contribution in [1.82, 2.24) is 0 Å². The van der Waals surface area contributed by atoms with Gasteiger partial charge in [0.05, 0.1) is 26.4 Å². The van der Waals surface area contributed by atoms with Crippen molar-refractivity contribution in [3.8, 4) is 0 Å². The number of aliphatic hydroxyl groups is 1. The first kappa shape index (κ1) is 91.1. The molecule has 0 spiro atoms. The van der Waals surface area contributed by atoms with Crippen LogP contribution in [0.2, 0.25) is 0 Å². The van der Waals surface area contributed by atoms with Gasteiger partial charge in [0.15, 0.2) is 12.2 Å². The smallest absolute Gasteiger partial charge is 0.327 e. The summed E-state index contributed by atoms with van der Waals surface area (Å²) in [6, 6.07) is 0. The summed E-state index contributed by atoms with van der Waals surface area (Å²) in [6.45, 7) is 0.558. The first-order valence-electron chi connectivity index (χ1n) is 35.0. The van der Waals surface area contributed by atoms with Crippen LogP contribution in [0.15, 0.2) is 20.5 Å². The van der Waals surface area contributed by atoms with Crippen LogP contribution in [-0.2, 0) is 84.5 Å². The highest BCUT2D eigenvalue weighted by Gasteiger charge is 2.28. The molecule has 3 unspecified atom stereocenters. The highest BCUT2D eigenvalue weighted by molar-refractivity contribution is 7.53. The number of rotatable bonds is 71. The van der Waals surface area contributed by atoms with Gasteiger partial charge in [0.25, 0.3) is 0 Å². The van der Waals surface area contributed by atoms with Crippen LogP contribution in [0.1, 0.15) is 263 Å². The van der Waals surface area contributed by atoms with E-state index in [0.717, 1.165) is 103 Å². The highest BCUT2D eigenvalue weighted by Crippen LogP contribution is 2.46. The van der Waals surface area contributed by atoms with Crippen molar-refractivity contribution in [3.05, 3.63) is 41.8 Å². The van der Waals surface area contributed by atoms with Crippen LogP contribution in [-0.4, -0.2) is 150 Å². The second-order valence-corrected chi connectivity index (χ2v) is 28.3. The van der Waals surface area contributed by atoms with Crippen molar-refractivity contribution in [1.29, 1.82) is 0 Å². The molecule has 0 aromatic rings. The Morgan fingerprint density at radius 1 is 0.309 bits per heavy atom. The molecule has 0 bridgehead atoms. The molecule has 0 amide bonds. The molecule has 0 aromatic carbocycles. The number of carbonyl (C=O) groups excluding carboxylic acids is 8. The average molecular weight is 1420 g/mol. The molecule has 31 nitrogen and oxygen atoms in total. The summed E-state index contributed by atoms with van der Waals surface area (Å²) in [7, 11) is -8.04. The number of azide groups is 4. The van der Waals surface area contributed by atoms with Crippen LogP contribution in [0.4, 0.5) is 0 Å². The van der Waals surface area contributed by atoms with Crippen molar-refractivity contribution in [2.75, 3.05) is 79.1 Å². The van der Waals surface area contributed by atoms with Crippen molar-refractivity contribution in [2.24, 2.45) is 20.5 Å². The summed E-state index contributed by atoms with van der Waals surface area (Å²) < 4.78 is 71.0. The van der Waals surface area contributed by atoms with E-state index in [9.17, 15) is 52.6 Å². The molecule has 0 aliphatic rings. The third kappa shape index (κ3) is 63.3. The van der Waals surface area contributed by atoms with Crippen LogP contribution >= 0.6 is 15.2 Å². The number of carbonyl (C=O) groups is 8. The Bertz CT molecular complexity index is 2530. The van der Waals surface area contributed by atoms with Gasteiger partial charge in [-0.25, -0.2) is 0 Å². The summed E-state index contributed by atoms with van der Waals surface area (Å²) >= 11 is 0. The van der Waals surface area contributed by atoms with E-state index in [1.54, 1.807) is 0 Å². The number of aliphatic hydroxyl groups excluding tert-OH is 1. The van der Waals surface area contributed by atoms with Gasteiger partial charge in [-0.05, 0) is 125 Å². The molecule has 97 heavy (non-hydrogen) atoms. The Morgan fingerprint density at radius 3 is 0.784 bits per heavy atom. The lowest BCUT2D eigenvalue weighted by Gasteiger charge is -2.23. The Morgan fingerprint density at radius 2 is 0.515 bits per heavy atom. The van der Waals surface area contributed by atoms with Gasteiger partial charge >= 0.3 is 39.1 Å². The highest BCUT2D eigenvalue weighted by atomic mass is 31.2. The van der Waals surface area contributed by atoms with Crippen LogP contribution in [0.3, 0.4) is 0 Å². The van der Waals surface area contributed by atoms with Gasteiger partial charge in [-0.2, -0.15) is 0 Å². The van der Waals surface area contributed by atoms with Gasteiger partial charge in [0.2, 0.25) is 0 Å². The van der Waals surface area contributed by atoms with Crippen molar-refractivity contribution < 1.29 is 89.6 Å². The van der Waals surface area contributed by atoms with Gasteiger partial charge < -0.3 is 42.1 Å². The zero-order valence-electron chi connectivity index (χ0n) is 57.9. The van der Waals surface area contributed by atoms with E-state index in [0.29, 0.717) is 174 Å². The van der Waals surface area contributed by atoms with Crippen LogP contribution in [0, 0.1) is 0 Å². The lowest BCUT2D eigenvalue weighted by molar-refractivity contribution is -0.161. The molecule has 0 aromatic heterocycles. The molecule has 0 heterocycles. The lowest BCUT2D eigenvalue weighted by Crippen LogP contribution is -2.30. The maximum absolute atomic E-state index is 13.5. The van der Waals surface area contributed by atoms with E-state index in [-0.39, 0.29) is 48.8 Å². The number of hydrogen-bond donors (Lipinski definition) is 1. The minimum absolute atomic E-state index is 0.0214. The summed E-state index contributed by atoms with van der Waals surface area (Å²) in [5.41, 5.74) is 33.5. The Kier molecular flexibility index (Phi) is 59.6. The summed E-state index contributed by atoms with van der Waals surface area (Å²) in [5, 5.41) is 24.7. The minimum atomic E-state index is -4.02. The summed E-state index contributed by atoms with van der Waals surface area (Å²) in [5.74, 6) is -1.71. The molecule has 552 valence electrons. The van der Waals surface area contributed by atoms with Crippen molar-refractivity contribution in [2.45, 2.75) is 282 Å².